The molecule has 0 N–H and O–H groups in total. The van der Waals surface area contributed by atoms with Crippen LogP contribution < -0.4 is 0 Å². The number of carbonyl (C=O) groups is 1. The minimum absolute atomic E-state index is 0.0389. The molecule has 94 valence electrons. The monoisotopic (exact) mass is 253 g/mol. The van der Waals surface area contributed by atoms with E-state index >= 15 is 0 Å². The molecular weight excluding hydrogens is 234 g/mol. The number of Topliss-reactive ketones (excluding diaryl/α,β-unsaturated/α-hetero) is 1. The topological polar surface area (TPSA) is 22.0 Å². The van der Waals surface area contributed by atoms with E-state index in [1.165, 1.54) is 25.0 Å². The summed E-state index contributed by atoms with van der Waals surface area (Å²) in [6, 6.07) is 2.56. The van der Waals surface area contributed by atoms with Crippen LogP contribution in [0.5, 0.6) is 0 Å². The summed E-state index contributed by atoms with van der Waals surface area (Å²) in [6.45, 7) is 6.43. The average molecular weight is 254 g/mol. The van der Waals surface area contributed by atoms with Gasteiger partial charge in [0.1, 0.15) is 0 Å². The number of hydrogen-bond donors (Lipinski definition) is 0. The van der Waals surface area contributed by atoms with E-state index in [0.29, 0.717) is 6.04 Å². The van der Waals surface area contributed by atoms with Gasteiger partial charge in [-0.25, -0.2) is 0 Å². The second-order valence-corrected chi connectivity index (χ2v) is 5.55. The Labute approximate surface area is 108 Å². The molecule has 0 amide bonds. The average Bonchev–Trinajstić information content (AvgIpc) is 2.82. The van der Waals surface area contributed by atoms with Crippen molar-refractivity contribution in [2.75, 3.05) is 5.88 Å². The first-order valence-electron chi connectivity index (χ1n) is 6.32. The molecule has 2 atom stereocenters. The number of rotatable bonds is 3. The second kappa shape index (κ2) is 4.85. The van der Waals surface area contributed by atoms with Gasteiger partial charge in [0.15, 0.2) is 5.78 Å². The van der Waals surface area contributed by atoms with Crippen LogP contribution in [-0.2, 0) is 0 Å². The first-order valence-corrected chi connectivity index (χ1v) is 6.85. The molecule has 0 bridgehead atoms. The van der Waals surface area contributed by atoms with Crippen molar-refractivity contribution in [1.29, 1.82) is 0 Å². The van der Waals surface area contributed by atoms with Gasteiger partial charge in [0.2, 0.25) is 0 Å². The third kappa shape index (κ3) is 2.28. The van der Waals surface area contributed by atoms with Crippen molar-refractivity contribution < 1.29 is 4.79 Å². The van der Waals surface area contributed by atoms with Crippen LogP contribution in [0.3, 0.4) is 0 Å². The van der Waals surface area contributed by atoms with Crippen LogP contribution in [0, 0.1) is 19.8 Å². The molecule has 1 aromatic heterocycles. The maximum absolute atomic E-state index is 11.7. The van der Waals surface area contributed by atoms with E-state index in [4.69, 9.17) is 11.6 Å². The molecule has 1 saturated carbocycles. The Bertz CT molecular complexity index is 436. The third-order valence-electron chi connectivity index (χ3n) is 3.94. The van der Waals surface area contributed by atoms with E-state index in [-0.39, 0.29) is 11.7 Å². The lowest BCUT2D eigenvalue weighted by Crippen LogP contribution is -2.10. The van der Waals surface area contributed by atoms with Crippen LogP contribution in [0.2, 0.25) is 0 Å². The number of aryl methyl sites for hydroxylation is 1. The molecule has 0 aliphatic heterocycles. The van der Waals surface area contributed by atoms with Crippen LogP contribution in [0.25, 0.3) is 0 Å². The highest BCUT2D eigenvalue weighted by Gasteiger charge is 2.26. The molecule has 0 spiro atoms. The molecule has 17 heavy (non-hydrogen) atoms. The third-order valence-corrected chi connectivity index (χ3v) is 4.18. The minimum Gasteiger partial charge on any atom is -0.345 e. The van der Waals surface area contributed by atoms with Gasteiger partial charge < -0.3 is 4.57 Å². The molecule has 0 radical (unpaired) electrons. The van der Waals surface area contributed by atoms with Crippen molar-refractivity contribution in [2.45, 2.75) is 46.1 Å². The summed E-state index contributed by atoms with van der Waals surface area (Å²) in [5.41, 5.74) is 3.08. The number of carbonyl (C=O) groups excluding carboxylic acids is 1. The van der Waals surface area contributed by atoms with E-state index in [1.54, 1.807) is 0 Å². The van der Waals surface area contributed by atoms with Crippen molar-refractivity contribution in [1.82, 2.24) is 4.57 Å². The van der Waals surface area contributed by atoms with Gasteiger partial charge in [-0.05, 0) is 45.1 Å². The summed E-state index contributed by atoms with van der Waals surface area (Å²) in [5, 5.41) is 0. The Hall–Kier alpha value is -0.760. The lowest BCUT2D eigenvalue weighted by atomic mass is 10.1. The number of aromatic nitrogens is 1. The summed E-state index contributed by atoms with van der Waals surface area (Å²) >= 11 is 5.64. The van der Waals surface area contributed by atoms with Crippen LogP contribution in [0.1, 0.15) is 54.0 Å². The maximum Gasteiger partial charge on any atom is 0.179 e. The fourth-order valence-corrected chi connectivity index (χ4v) is 3.25. The Kier molecular flexibility index (Phi) is 3.62. The molecule has 3 heteroatoms. The molecule has 1 aliphatic rings. The van der Waals surface area contributed by atoms with E-state index in [2.05, 4.69) is 18.4 Å². The lowest BCUT2D eigenvalue weighted by molar-refractivity contribution is 0.102. The summed E-state index contributed by atoms with van der Waals surface area (Å²) < 4.78 is 2.34. The Morgan fingerprint density at radius 1 is 1.47 bits per heavy atom. The standard InChI is InChI=1S/C14H20ClNO/c1-9-4-5-12(6-9)16-10(2)7-13(11(16)3)14(17)8-15/h7,9,12H,4-6,8H2,1-3H3. The zero-order valence-corrected chi connectivity index (χ0v) is 11.5. The predicted molar refractivity (Wildman–Crippen MR) is 71.0 cm³/mol. The molecule has 0 aromatic carbocycles. The highest BCUT2D eigenvalue weighted by Crippen LogP contribution is 2.36. The second-order valence-electron chi connectivity index (χ2n) is 5.28. The van der Waals surface area contributed by atoms with E-state index in [9.17, 15) is 4.79 Å². The first kappa shape index (κ1) is 12.7. The number of nitrogens with zero attached hydrogens (tertiary/aromatic N) is 1. The zero-order chi connectivity index (χ0) is 12.6. The molecule has 2 rings (SSSR count). The molecule has 0 saturated heterocycles. The normalized spacial score (nSPS) is 24.2. The molecule has 1 aliphatic carbocycles. The summed E-state index contributed by atoms with van der Waals surface area (Å²) in [5.74, 6) is 0.913. The number of alkyl halides is 1. The number of hydrogen-bond acceptors (Lipinski definition) is 1. The Morgan fingerprint density at radius 3 is 2.71 bits per heavy atom. The zero-order valence-electron chi connectivity index (χ0n) is 10.8. The summed E-state index contributed by atoms with van der Waals surface area (Å²) in [6.07, 6.45) is 3.75. The largest absolute Gasteiger partial charge is 0.345 e. The van der Waals surface area contributed by atoms with Gasteiger partial charge in [-0.15, -0.1) is 11.6 Å². The van der Waals surface area contributed by atoms with Crippen LogP contribution in [-0.4, -0.2) is 16.2 Å². The SMILES string of the molecule is Cc1cc(C(=O)CCl)c(C)n1C1CCC(C)C1. The maximum atomic E-state index is 11.7. The van der Waals surface area contributed by atoms with Gasteiger partial charge in [-0.1, -0.05) is 6.92 Å². The van der Waals surface area contributed by atoms with E-state index in [1.807, 2.05) is 13.0 Å². The molecule has 2 unspecified atom stereocenters. The minimum atomic E-state index is 0.0389. The Balaban J connectivity index is 2.35. The first-order chi connectivity index (χ1) is 8.04. The van der Waals surface area contributed by atoms with Crippen molar-refractivity contribution in [3.63, 3.8) is 0 Å². The fraction of sp³-hybridized carbons (Fsp3) is 0.643. The van der Waals surface area contributed by atoms with Crippen LogP contribution in [0.15, 0.2) is 6.07 Å². The van der Waals surface area contributed by atoms with Crippen molar-refractivity contribution in [2.24, 2.45) is 5.92 Å². The smallest absolute Gasteiger partial charge is 0.179 e. The molecule has 1 fully saturated rings. The van der Waals surface area contributed by atoms with Gasteiger partial charge in [0.05, 0.1) is 5.88 Å². The van der Waals surface area contributed by atoms with Crippen LogP contribution in [0.4, 0.5) is 0 Å². The summed E-state index contributed by atoms with van der Waals surface area (Å²) in [7, 11) is 0. The highest BCUT2D eigenvalue weighted by atomic mass is 35.5. The highest BCUT2D eigenvalue weighted by molar-refractivity contribution is 6.30. The fourth-order valence-electron chi connectivity index (χ4n) is 3.10. The lowest BCUT2D eigenvalue weighted by Gasteiger charge is -2.17. The van der Waals surface area contributed by atoms with Crippen molar-refractivity contribution in [3.8, 4) is 0 Å². The molecular formula is C14H20ClNO. The molecule has 1 aromatic rings. The van der Waals surface area contributed by atoms with E-state index in [0.717, 1.165) is 17.2 Å². The van der Waals surface area contributed by atoms with Crippen LogP contribution >= 0.6 is 11.6 Å². The van der Waals surface area contributed by atoms with Gasteiger partial charge in [0.25, 0.3) is 0 Å². The van der Waals surface area contributed by atoms with Gasteiger partial charge >= 0.3 is 0 Å². The Morgan fingerprint density at radius 2 is 2.18 bits per heavy atom. The predicted octanol–water partition coefficient (Wildman–Crippen LogP) is 3.89. The van der Waals surface area contributed by atoms with Crippen molar-refractivity contribution >= 4 is 17.4 Å². The van der Waals surface area contributed by atoms with Gasteiger partial charge in [-0.3, -0.25) is 4.79 Å². The van der Waals surface area contributed by atoms with Gasteiger partial charge in [-0.2, -0.15) is 0 Å². The molecule has 2 nitrogen and oxygen atoms in total. The van der Waals surface area contributed by atoms with E-state index < -0.39 is 0 Å². The quantitative estimate of drug-likeness (QED) is 0.592. The number of halogens is 1. The molecule has 1 heterocycles. The number of ketones is 1. The summed E-state index contributed by atoms with van der Waals surface area (Å²) in [4.78, 5) is 11.7. The van der Waals surface area contributed by atoms with Crippen molar-refractivity contribution in [3.05, 3.63) is 23.0 Å². The van der Waals surface area contributed by atoms with Gasteiger partial charge in [0, 0.05) is 23.0 Å².